The van der Waals surface area contributed by atoms with Gasteiger partial charge in [-0.15, -0.1) is 11.8 Å². The van der Waals surface area contributed by atoms with Crippen molar-refractivity contribution >= 4 is 17.3 Å². The van der Waals surface area contributed by atoms with Crippen LogP contribution in [0.25, 0.3) is 0 Å². The fourth-order valence-electron chi connectivity index (χ4n) is 1.47. The molecule has 70 valence electrons. The molecule has 0 N–H and O–H groups in total. The number of hydrogen-bond donors (Lipinski definition) is 0. The normalized spacial score (nSPS) is 20.9. The van der Waals surface area contributed by atoms with Gasteiger partial charge in [-0.05, 0) is 12.8 Å². The lowest BCUT2D eigenvalue weighted by molar-refractivity contribution is 0.445. The van der Waals surface area contributed by atoms with Crippen molar-refractivity contribution in [3.05, 3.63) is 0 Å². The van der Waals surface area contributed by atoms with Gasteiger partial charge in [0, 0.05) is 5.25 Å². The van der Waals surface area contributed by atoms with E-state index in [0.717, 1.165) is 0 Å². The topological polar surface area (TPSA) is 12.4 Å². The molecule has 0 aromatic rings. The molecule has 1 fully saturated rings. The highest BCUT2D eigenvalue weighted by atomic mass is 32.2. The number of aliphatic imine (C=N–C) groups is 1. The van der Waals surface area contributed by atoms with Crippen molar-refractivity contribution in [3.8, 4) is 0 Å². The summed E-state index contributed by atoms with van der Waals surface area (Å²) in [4.78, 5) is 4.56. The van der Waals surface area contributed by atoms with Gasteiger partial charge in [-0.25, -0.2) is 0 Å². The predicted octanol–water partition coefficient (Wildman–Crippen LogP) is 3.49. The summed E-state index contributed by atoms with van der Waals surface area (Å²) in [5.74, 6) is 0. The average molecular weight is 185 g/mol. The summed E-state index contributed by atoms with van der Waals surface area (Å²) in [6.07, 6.45) is 6.82. The van der Waals surface area contributed by atoms with Gasteiger partial charge in [0.05, 0.1) is 11.6 Å². The van der Waals surface area contributed by atoms with E-state index in [2.05, 4.69) is 24.4 Å². The standard InChI is InChI=1S/C10H19NS/c1-9(2)12-8-11-10-6-4-3-5-7-10/h8-10H,3-7H2,1-2H3. The Labute approximate surface area is 80.0 Å². The molecule has 0 spiro atoms. The first-order valence-corrected chi connectivity index (χ1v) is 5.90. The number of hydrogen-bond acceptors (Lipinski definition) is 2. The van der Waals surface area contributed by atoms with E-state index in [4.69, 9.17) is 0 Å². The molecule has 0 bridgehead atoms. The second kappa shape index (κ2) is 5.63. The molecule has 0 heterocycles. The second-order valence-electron chi connectivity index (χ2n) is 3.73. The highest BCUT2D eigenvalue weighted by molar-refractivity contribution is 8.12. The Hall–Kier alpha value is 0.0200. The van der Waals surface area contributed by atoms with Crippen molar-refractivity contribution in [2.24, 2.45) is 4.99 Å². The summed E-state index contributed by atoms with van der Waals surface area (Å²) in [6.45, 7) is 4.41. The van der Waals surface area contributed by atoms with Gasteiger partial charge in [-0.3, -0.25) is 4.99 Å². The van der Waals surface area contributed by atoms with Crippen LogP contribution in [0.4, 0.5) is 0 Å². The Bertz CT molecular complexity index is 137. The highest BCUT2D eigenvalue weighted by Crippen LogP contribution is 2.20. The first kappa shape index (κ1) is 10.1. The third-order valence-corrected chi connectivity index (χ3v) is 2.97. The maximum atomic E-state index is 4.56. The fourth-order valence-corrected chi connectivity index (χ4v) is 1.96. The smallest absolute Gasteiger partial charge is 0.0547 e. The molecule has 0 amide bonds. The van der Waals surface area contributed by atoms with Crippen molar-refractivity contribution in [1.29, 1.82) is 0 Å². The van der Waals surface area contributed by atoms with Gasteiger partial charge in [0.25, 0.3) is 0 Å². The van der Waals surface area contributed by atoms with E-state index >= 15 is 0 Å². The fraction of sp³-hybridized carbons (Fsp3) is 0.900. The van der Waals surface area contributed by atoms with Crippen LogP contribution in [0.2, 0.25) is 0 Å². The Morgan fingerprint density at radius 1 is 1.25 bits per heavy atom. The maximum absolute atomic E-state index is 4.56. The van der Waals surface area contributed by atoms with E-state index in [0.29, 0.717) is 11.3 Å². The third-order valence-electron chi connectivity index (χ3n) is 2.18. The quantitative estimate of drug-likeness (QED) is 0.484. The molecule has 1 nitrogen and oxygen atoms in total. The van der Waals surface area contributed by atoms with E-state index in [-0.39, 0.29) is 0 Å². The Morgan fingerprint density at radius 3 is 2.50 bits per heavy atom. The average Bonchev–Trinajstić information content (AvgIpc) is 2.05. The molecule has 0 aromatic carbocycles. The van der Waals surface area contributed by atoms with E-state index in [1.807, 2.05) is 11.8 Å². The van der Waals surface area contributed by atoms with Gasteiger partial charge < -0.3 is 0 Å². The van der Waals surface area contributed by atoms with E-state index < -0.39 is 0 Å². The lowest BCUT2D eigenvalue weighted by Crippen LogP contribution is -2.09. The van der Waals surface area contributed by atoms with Crippen molar-refractivity contribution in [2.75, 3.05) is 0 Å². The van der Waals surface area contributed by atoms with E-state index in [1.165, 1.54) is 32.1 Å². The SMILES string of the molecule is CC(C)SC=NC1CCCCC1. The van der Waals surface area contributed by atoms with Crippen molar-refractivity contribution in [1.82, 2.24) is 0 Å². The summed E-state index contributed by atoms with van der Waals surface area (Å²) in [6, 6.07) is 0.644. The lowest BCUT2D eigenvalue weighted by Gasteiger charge is -2.17. The summed E-state index contributed by atoms with van der Waals surface area (Å²) in [5.41, 5.74) is 2.06. The van der Waals surface area contributed by atoms with Crippen LogP contribution in [0.5, 0.6) is 0 Å². The molecule has 2 heteroatoms. The number of thioether (sulfide) groups is 1. The molecule has 1 rings (SSSR count). The zero-order valence-corrected chi connectivity index (χ0v) is 8.94. The molecule has 0 saturated heterocycles. The van der Waals surface area contributed by atoms with Gasteiger partial charge in [0.1, 0.15) is 0 Å². The maximum Gasteiger partial charge on any atom is 0.0547 e. The largest absolute Gasteiger partial charge is 0.283 e. The van der Waals surface area contributed by atoms with Crippen molar-refractivity contribution < 1.29 is 0 Å². The molecular formula is C10H19NS. The summed E-state index contributed by atoms with van der Waals surface area (Å²) in [7, 11) is 0. The van der Waals surface area contributed by atoms with Gasteiger partial charge in [-0.2, -0.15) is 0 Å². The molecule has 1 aliphatic carbocycles. The number of rotatable bonds is 3. The lowest BCUT2D eigenvalue weighted by atomic mass is 9.96. The Kier molecular flexibility index (Phi) is 4.74. The van der Waals surface area contributed by atoms with Crippen LogP contribution in [0.15, 0.2) is 4.99 Å². The molecule has 1 aliphatic rings. The monoisotopic (exact) mass is 185 g/mol. The van der Waals surface area contributed by atoms with E-state index in [1.54, 1.807) is 0 Å². The molecule has 12 heavy (non-hydrogen) atoms. The molecular weight excluding hydrogens is 166 g/mol. The first-order valence-electron chi connectivity index (χ1n) is 4.96. The van der Waals surface area contributed by atoms with Gasteiger partial charge in [-0.1, -0.05) is 33.1 Å². The Balaban J connectivity index is 2.15. The zero-order valence-electron chi connectivity index (χ0n) is 8.12. The van der Waals surface area contributed by atoms with Crippen LogP contribution in [0.3, 0.4) is 0 Å². The minimum Gasteiger partial charge on any atom is -0.283 e. The van der Waals surface area contributed by atoms with Crippen LogP contribution >= 0.6 is 11.8 Å². The molecule has 0 atom stereocenters. The van der Waals surface area contributed by atoms with Crippen molar-refractivity contribution in [2.45, 2.75) is 57.2 Å². The minimum absolute atomic E-state index is 0.644. The van der Waals surface area contributed by atoms with Crippen LogP contribution in [-0.4, -0.2) is 16.8 Å². The first-order chi connectivity index (χ1) is 5.79. The molecule has 0 aromatic heterocycles. The van der Waals surface area contributed by atoms with Crippen LogP contribution in [0, 0.1) is 0 Å². The van der Waals surface area contributed by atoms with Crippen LogP contribution < -0.4 is 0 Å². The van der Waals surface area contributed by atoms with Crippen LogP contribution in [0.1, 0.15) is 46.0 Å². The summed E-state index contributed by atoms with van der Waals surface area (Å²) >= 11 is 1.83. The summed E-state index contributed by atoms with van der Waals surface area (Å²) in [5, 5.41) is 0.678. The molecule has 1 saturated carbocycles. The molecule has 0 aliphatic heterocycles. The third kappa shape index (κ3) is 4.15. The predicted molar refractivity (Wildman–Crippen MR) is 58.1 cm³/mol. The molecule has 0 radical (unpaired) electrons. The zero-order chi connectivity index (χ0) is 8.81. The van der Waals surface area contributed by atoms with E-state index in [9.17, 15) is 0 Å². The van der Waals surface area contributed by atoms with Crippen LogP contribution in [-0.2, 0) is 0 Å². The van der Waals surface area contributed by atoms with Gasteiger partial charge >= 0.3 is 0 Å². The number of nitrogens with zero attached hydrogens (tertiary/aromatic N) is 1. The van der Waals surface area contributed by atoms with Gasteiger partial charge in [0.2, 0.25) is 0 Å². The minimum atomic E-state index is 0.644. The highest BCUT2D eigenvalue weighted by Gasteiger charge is 2.10. The summed E-state index contributed by atoms with van der Waals surface area (Å²) < 4.78 is 0. The van der Waals surface area contributed by atoms with Gasteiger partial charge in [0.15, 0.2) is 0 Å². The Morgan fingerprint density at radius 2 is 1.92 bits per heavy atom. The second-order valence-corrected chi connectivity index (χ2v) is 5.16. The molecule has 0 unspecified atom stereocenters. The van der Waals surface area contributed by atoms with Crippen molar-refractivity contribution in [3.63, 3.8) is 0 Å².